The number of hydrogen-bond acceptors (Lipinski definition) is 3. The molecule has 1 fully saturated rings. The van der Waals surface area contributed by atoms with Crippen LogP contribution in [-0.4, -0.2) is 21.0 Å². The molecule has 1 unspecified atom stereocenters. The molecule has 1 saturated carbocycles. The maximum Gasteiger partial charge on any atom is 0.240 e. The predicted molar refractivity (Wildman–Crippen MR) is 76.3 cm³/mol. The molecule has 0 saturated heterocycles. The molecule has 0 radical (unpaired) electrons. The monoisotopic (exact) mass is 300 g/mol. The van der Waals surface area contributed by atoms with Crippen LogP contribution in [-0.2, 0) is 16.6 Å². The van der Waals surface area contributed by atoms with Gasteiger partial charge in [0.05, 0.1) is 4.90 Å². The highest BCUT2D eigenvalue weighted by Crippen LogP contribution is 2.45. The van der Waals surface area contributed by atoms with Crippen molar-refractivity contribution in [1.82, 2.24) is 10.0 Å². The van der Waals surface area contributed by atoms with E-state index in [1.165, 1.54) is 18.2 Å². The molecule has 1 aliphatic rings. The largest absolute Gasteiger partial charge is 0.313 e. The number of nitrogens with one attached hydrogen (secondary N) is 2. The molecule has 2 rings (SSSR count). The summed E-state index contributed by atoms with van der Waals surface area (Å²) in [6.07, 6.45) is 0.831. The summed E-state index contributed by atoms with van der Waals surface area (Å²) < 4.78 is 40.8. The summed E-state index contributed by atoms with van der Waals surface area (Å²) in [5.41, 5.74) is 0.379. The van der Waals surface area contributed by atoms with Crippen LogP contribution in [0.4, 0.5) is 4.39 Å². The summed E-state index contributed by atoms with van der Waals surface area (Å²) in [5, 5.41) is 3.00. The first-order valence-corrected chi connectivity index (χ1v) is 8.26. The SMILES string of the molecule is CCNCc1cc(S(=O)(=O)NC2CC2(C)C)ccc1F. The lowest BCUT2D eigenvalue weighted by Gasteiger charge is -2.10. The van der Waals surface area contributed by atoms with Gasteiger partial charge in [-0.05, 0) is 36.6 Å². The zero-order chi connectivity index (χ0) is 15.0. The van der Waals surface area contributed by atoms with Gasteiger partial charge in [0, 0.05) is 18.2 Å². The van der Waals surface area contributed by atoms with Crippen molar-refractivity contribution in [1.29, 1.82) is 0 Å². The summed E-state index contributed by atoms with van der Waals surface area (Å²) in [6.45, 7) is 6.96. The Bertz CT molecular complexity index is 599. The van der Waals surface area contributed by atoms with Crippen molar-refractivity contribution >= 4 is 10.0 Å². The molecule has 0 heterocycles. The normalized spacial score (nSPS) is 20.9. The third-order valence-electron chi connectivity index (χ3n) is 3.70. The summed E-state index contributed by atoms with van der Waals surface area (Å²) in [4.78, 5) is 0.120. The highest BCUT2D eigenvalue weighted by molar-refractivity contribution is 7.89. The molecule has 20 heavy (non-hydrogen) atoms. The van der Waals surface area contributed by atoms with Gasteiger partial charge in [-0.25, -0.2) is 17.5 Å². The Balaban J connectivity index is 2.19. The van der Waals surface area contributed by atoms with E-state index in [4.69, 9.17) is 0 Å². The molecule has 1 aromatic carbocycles. The Labute approximate surface area is 119 Å². The highest BCUT2D eigenvalue weighted by atomic mass is 32.2. The molecule has 0 bridgehead atoms. The third-order valence-corrected chi connectivity index (χ3v) is 5.17. The number of sulfonamides is 1. The van der Waals surface area contributed by atoms with Crippen LogP contribution in [0.3, 0.4) is 0 Å². The zero-order valence-electron chi connectivity index (χ0n) is 12.0. The lowest BCUT2D eigenvalue weighted by Crippen LogP contribution is -2.28. The van der Waals surface area contributed by atoms with E-state index in [0.717, 1.165) is 6.42 Å². The van der Waals surface area contributed by atoms with Crippen LogP contribution >= 0.6 is 0 Å². The minimum absolute atomic E-state index is 0.0136. The van der Waals surface area contributed by atoms with Crippen molar-refractivity contribution in [2.75, 3.05) is 6.54 Å². The van der Waals surface area contributed by atoms with E-state index in [1.807, 2.05) is 20.8 Å². The average molecular weight is 300 g/mol. The van der Waals surface area contributed by atoms with E-state index >= 15 is 0 Å². The lowest BCUT2D eigenvalue weighted by atomic mass is 10.2. The van der Waals surface area contributed by atoms with Crippen molar-refractivity contribution in [2.45, 2.75) is 44.7 Å². The predicted octanol–water partition coefficient (Wildman–Crippen LogP) is 2.01. The summed E-state index contributed by atoms with van der Waals surface area (Å²) in [7, 11) is -3.58. The molecular formula is C14H21FN2O2S. The molecule has 1 aliphatic carbocycles. The van der Waals surface area contributed by atoms with E-state index in [9.17, 15) is 12.8 Å². The van der Waals surface area contributed by atoms with Gasteiger partial charge in [-0.3, -0.25) is 0 Å². The molecule has 112 valence electrons. The standard InChI is InChI=1S/C14H21FN2O2S/c1-4-16-9-10-7-11(5-6-12(10)15)20(18,19)17-13-8-14(13,2)3/h5-7,13,16-17H,4,8-9H2,1-3H3. The van der Waals surface area contributed by atoms with Crippen molar-refractivity contribution < 1.29 is 12.8 Å². The van der Waals surface area contributed by atoms with Crippen molar-refractivity contribution in [3.8, 4) is 0 Å². The first-order valence-electron chi connectivity index (χ1n) is 6.78. The average Bonchev–Trinajstić information content (AvgIpc) is 2.94. The second kappa shape index (κ2) is 5.42. The lowest BCUT2D eigenvalue weighted by molar-refractivity contribution is 0.553. The summed E-state index contributed by atoms with van der Waals surface area (Å²) in [6, 6.07) is 3.88. The molecule has 0 amide bonds. The van der Waals surface area contributed by atoms with Crippen LogP contribution in [0, 0.1) is 11.2 Å². The van der Waals surface area contributed by atoms with Gasteiger partial charge in [0.1, 0.15) is 5.82 Å². The number of halogens is 1. The van der Waals surface area contributed by atoms with Gasteiger partial charge >= 0.3 is 0 Å². The fraction of sp³-hybridized carbons (Fsp3) is 0.571. The van der Waals surface area contributed by atoms with Crippen molar-refractivity contribution in [3.05, 3.63) is 29.6 Å². The second-order valence-corrected chi connectivity index (χ2v) is 7.61. The number of benzene rings is 1. The van der Waals surface area contributed by atoms with Crippen LogP contribution in [0.5, 0.6) is 0 Å². The van der Waals surface area contributed by atoms with Gasteiger partial charge < -0.3 is 5.32 Å². The quantitative estimate of drug-likeness (QED) is 0.845. The Kier molecular flexibility index (Phi) is 4.18. The van der Waals surface area contributed by atoms with Gasteiger partial charge in [-0.2, -0.15) is 0 Å². The zero-order valence-corrected chi connectivity index (χ0v) is 12.8. The van der Waals surface area contributed by atoms with Gasteiger partial charge in [-0.1, -0.05) is 20.8 Å². The molecular weight excluding hydrogens is 279 g/mol. The Morgan fingerprint density at radius 1 is 1.40 bits per heavy atom. The number of hydrogen-bond donors (Lipinski definition) is 2. The topological polar surface area (TPSA) is 58.2 Å². The van der Waals surface area contributed by atoms with Gasteiger partial charge in [0.15, 0.2) is 0 Å². The summed E-state index contributed by atoms with van der Waals surface area (Å²) >= 11 is 0. The first-order chi connectivity index (χ1) is 9.26. The van der Waals surface area contributed by atoms with Gasteiger partial charge in [0.25, 0.3) is 0 Å². The first kappa shape index (κ1) is 15.4. The van der Waals surface area contributed by atoms with Crippen LogP contribution in [0.15, 0.2) is 23.1 Å². The van der Waals surface area contributed by atoms with E-state index in [-0.39, 0.29) is 16.4 Å². The Morgan fingerprint density at radius 3 is 2.60 bits per heavy atom. The summed E-state index contributed by atoms with van der Waals surface area (Å²) in [5.74, 6) is -0.392. The van der Waals surface area contributed by atoms with Crippen LogP contribution < -0.4 is 10.0 Å². The fourth-order valence-electron chi connectivity index (χ4n) is 2.04. The Hall–Kier alpha value is -0.980. The molecule has 0 aromatic heterocycles. The third kappa shape index (κ3) is 3.37. The molecule has 0 aliphatic heterocycles. The maximum absolute atomic E-state index is 13.6. The van der Waals surface area contributed by atoms with Crippen molar-refractivity contribution in [2.24, 2.45) is 5.41 Å². The van der Waals surface area contributed by atoms with E-state index in [1.54, 1.807) is 0 Å². The molecule has 1 atom stereocenters. The van der Waals surface area contributed by atoms with Crippen LogP contribution in [0.1, 0.15) is 32.8 Å². The molecule has 1 aromatic rings. The smallest absolute Gasteiger partial charge is 0.240 e. The fourth-order valence-corrected chi connectivity index (χ4v) is 3.49. The maximum atomic E-state index is 13.6. The second-order valence-electron chi connectivity index (χ2n) is 5.90. The van der Waals surface area contributed by atoms with Crippen LogP contribution in [0.2, 0.25) is 0 Å². The molecule has 6 heteroatoms. The molecule has 0 spiro atoms. The van der Waals surface area contributed by atoms with E-state index < -0.39 is 15.8 Å². The number of rotatable bonds is 6. The minimum atomic E-state index is -3.58. The van der Waals surface area contributed by atoms with Crippen molar-refractivity contribution in [3.63, 3.8) is 0 Å². The van der Waals surface area contributed by atoms with Gasteiger partial charge in [0.2, 0.25) is 10.0 Å². The van der Waals surface area contributed by atoms with Gasteiger partial charge in [-0.15, -0.1) is 0 Å². The minimum Gasteiger partial charge on any atom is -0.313 e. The molecule has 4 nitrogen and oxygen atoms in total. The highest BCUT2D eigenvalue weighted by Gasteiger charge is 2.47. The Morgan fingerprint density at radius 2 is 2.05 bits per heavy atom. The van der Waals surface area contributed by atoms with E-state index in [0.29, 0.717) is 18.7 Å². The van der Waals surface area contributed by atoms with E-state index in [2.05, 4.69) is 10.0 Å². The molecule has 2 N–H and O–H groups in total. The van der Waals surface area contributed by atoms with Crippen LogP contribution in [0.25, 0.3) is 0 Å².